The molecule has 0 bridgehead atoms. The quantitative estimate of drug-likeness (QED) is 0.726. The fourth-order valence-corrected chi connectivity index (χ4v) is 3.16. The lowest BCUT2D eigenvalue weighted by molar-refractivity contribution is -0.145. The molecule has 142 valence electrons. The summed E-state index contributed by atoms with van der Waals surface area (Å²) in [4.78, 5) is 28.2. The highest BCUT2D eigenvalue weighted by molar-refractivity contribution is 5.86. The Balaban J connectivity index is 1.30. The van der Waals surface area contributed by atoms with Crippen LogP contribution in [0, 0.1) is 6.92 Å². The summed E-state index contributed by atoms with van der Waals surface area (Å²) in [6, 6.07) is 5.66. The van der Waals surface area contributed by atoms with Crippen molar-refractivity contribution in [1.29, 1.82) is 0 Å². The number of fused-ring (bicyclic) bond motifs is 1. The molecule has 2 aliphatic rings. The fourth-order valence-electron chi connectivity index (χ4n) is 3.16. The molecule has 0 unspecified atom stereocenters. The maximum absolute atomic E-state index is 12.5. The Kier molecular flexibility index (Phi) is 4.61. The van der Waals surface area contributed by atoms with Crippen molar-refractivity contribution in [2.75, 3.05) is 26.4 Å². The van der Waals surface area contributed by atoms with Gasteiger partial charge in [-0.15, -0.1) is 5.10 Å². The molecule has 27 heavy (non-hydrogen) atoms. The molecule has 1 saturated heterocycles. The van der Waals surface area contributed by atoms with Gasteiger partial charge in [0, 0.05) is 26.1 Å². The van der Waals surface area contributed by atoms with Crippen molar-refractivity contribution in [1.82, 2.24) is 30.0 Å². The predicted molar refractivity (Wildman–Crippen MR) is 91.7 cm³/mol. The van der Waals surface area contributed by atoms with Crippen molar-refractivity contribution >= 4 is 11.8 Å². The van der Waals surface area contributed by atoms with Crippen LogP contribution in [0.4, 0.5) is 0 Å². The molecule has 0 aliphatic carbocycles. The van der Waals surface area contributed by atoms with Crippen molar-refractivity contribution in [2.45, 2.75) is 26.4 Å². The Bertz CT molecular complexity index is 867. The number of aromatic nitrogens is 4. The predicted octanol–water partition coefficient (Wildman–Crippen LogP) is -0.0287. The molecule has 0 N–H and O–H groups in total. The van der Waals surface area contributed by atoms with E-state index in [0.29, 0.717) is 37.8 Å². The molecule has 1 aromatic carbocycles. The summed E-state index contributed by atoms with van der Waals surface area (Å²) in [6.45, 7) is 4.01. The first-order valence-electron chi connectivity index (χ1n) is 8.77. The van der Waals surface area contributed by atoms with Crippen LogP contribution >= 0.6 is 0 Å². The third-order valence-electron chi connectivity index (χ3n) is 4.73. The smallest absolute Gasteiger partial charge is 0.242 e. The van der Waals surface area contributed by atoms with Crippen molar-refractivity contribution in [2.24, 2.45) is 0 Å². The van der Waals surface area contributed by atoms with Gasteiger partial charge in [0.1, 0.15) is 5.82 Å². The average Bonchev–Trinajstić information content (AvgIpc) is 3.29. The Morgan fingerprint density at radius 3 is 2.85 bits per heavy atom. The van der Waals surface area contributed by atoms with E-state index in [1.54, 1.807) is 21.4 Å². The first-order valence-corrected chi connectivity index (χ1v) is 8.77. The van der Waals surface area contributed by atoms with E-state index in [1.165, 1.54) is 0 Å². The summed E-state index contributed by atoms with van der Waals surface area (Å²) in [7, 11) is 0. The zero-order chi connectivity index (χ0) is 18.8. The summed E-state index contributed by atoms with van der Waals surface area (Å²) in [5.74, 6) is 1.95. The van der Waals surface area contributed by atoms with E-state index >= 15 is 0 Å². The minimum absolute atomic E-state index is 0.0640. The van der Waals surface area contributed by atoms with Crippen LogP contribution in [0.2, 0.25) is 0 Å². The molecule has 0 spiro atoms. The summed E-state index contributed by atoms with van der Waals surface area (Å²) >= 11 is 0. The summed E-state index contributed by atoms with van der Waals surface area (Å²) in [5, 5.41) is 11.2. The molecule has 1 fully saturated rings. The number of hydrogen-bond donors (Lipinski definition) is 0. The van der Waals surface area contributed by atoms with Gasteiger partial charge in [-0.05, 0) is 35.0 Å². The summed E-state index contributed by atoms with van der Waals surface area (Å²) < 4.78 is 12.3. The monoisotopic (exact) mass is 372 g/mol. The van der Waals surface area contributed by atoms with Crippen molar-refractivity contribution in [3.63, 3.8) is 0 Å². The number of amides is 2. The van der Waals surface area contributed by atoms with E-state index in [4.69, 9.17) is 9.47 Å². The minimum Gasteiger partial charge on any atom is -0.454 e. The second-order valence-electron chi connectivity index (χ2n) is 6.52. The minimum atomic E-state index is -0.0685. The van der Waals surface area contributed by atoms with E-state index in [0.717, 1.165) is 11.3 Å². The molecule has 10 heteroatoms. The lowest BCUT2D eigenvalue weighted by atomic mass is 10.1. The molecule has 2 aromatic rings. The highest BCUT2D eigenvalue weighted by Gasteiger charge is 2.27. The van der Waals surface area contributed by atoms with E-state index in [2.05, 4.69) is 15.5 Å². The standard InChI is InChI=1S/C17H20N6O4/c1-12-18-19-20-23(12)5-4-16(24)22-7-6-21(17(25)10-22)9-13-2-3-14-15(8-13)27-11-26-14/h2-3,8H,4-7,9-11H2,1H3. The number of hydrogen-bond acceptors (Lipinski definition) is 7. The van der Waals surface area contributed by atoms with Gasteiger partial charge in [0.15, 0.2) is 11.5 Å². The van der Waals surface area contributed by atoms with E-state index in [-0.39, 0.29) is 31.6 Å². The van der Waals surface area contributed by atoms with Crippen molar-refractivity contribution in [3.8, 4) is 11.5 Å². The highest BCUT2D eigenvalue weighted by Crippen LogP contribution is 2.32. The van der Waals surface area contributed by atoms with Gasteiger partial charge in [0.2, 0.25) is 18.6 Å². The Labute approximate surface area is 155 Å². The Hall–Kier alpha value is -3.17. The Morgan fingerprint density at radius 1 is 1.22 bits per heavy atom. The summed E-state index contributed by atoms with van der Waals surface area (Å²) in [5.41, 5.74) is 0.974. The van der Waals surface area contributed by atoms with Crippen LogP contribution in [0.3, 0.4) is 0 Å². The topological polar surface area (TPSA) is 103 Å². The van der Waals surface area contributed by atoms with Gasteiger partial charge < -0.3 is 19.3 Å². The zero-order valence-corrected chi connectivity index (χ0v) is 15.0. The number of rotatable bonds is 5. The fraction of sp³-hybridized carbons (Fsp3) is 0.471. The number of piperazine rings is 1. The molecule has 3 heterocycles. The number of aryl methyl sites for hydroxylation is 2. The number of nitrogens with zero attached hydrogens (tertiary/aromatic N) is 6. The van der Waals surface area contributed by atoms with Crippen molar-refractivity contribution in [3.05, 3.63) is 29.6 Å². The molecular formula is C17H20N6O4. The number of carbonyl (C=O) groups excluding carboxylic acids is 2. The number of carbonyl (C=O) groups is 2. The van der Waals surface area contributed by atoms with E-state index in [1.807, 2.05) is 18.2 Å². The largest absolute Gasteiger partial charge is 0.454 e. The maximum Gasteiger partial charge on any atom is 0.242 e. The van der Waals surface area contributed by atoms with Crippen molar-refractivity contribution < 1.29 is 19.1 Å². The third-order valence-corrected chi connectivity index (χ3v) is 4.73. The SMILES string of the molecule is Cc1nnnn1CCC(=O)N1CCN(Cc2ccc3c(c2)OCO3)C(=O)C1. The van der Waals surface area contributed by atoms with Crippen LogP contribution in [0.5, 0.6) is 11.5 Å². The first kappa shape index (κ1) is 17.3. The normalized spacial score (nSPS) is 16.1. The van der Waals surface area contributed by atoms with E-state index in [9.17, 15) is 9.59 Å². The van der Waals surface area contributed by atoms with Crippen LogP contribution in [0.1, 0.15) is 17.8 Å². The average molecular weight is 372 g/mol. The van der Waals surface area contributed by atoms with Gasteiger partial charge in [-0.25, -0.2) is 4.68 Å². The van der Waals surface area contributed by atoms with Gasteiger partial charge in [-0.1, -0.05) is 6.07 Å². The van der Waals surface area contributed by atoms with Crippen LogP contribution in [-0.2, 0) is 22.7 Å². The van der Waals surface area contributed by atoms with Gasteiger partial charge in [-0.3, -0.25) is 9.59 Å². The molecule has 4 rings (SSSR count). The van der Waals surface area contributed by atoms with Gasteiger partial charge >= 0.3 is 0 Å². The van der Waals surface area contributed by atoms with Gasteiger partial charge in [-0.2, -0.15) is 0 Å². The lowest BCUT2D eigenvalue weighted by Crippen LogP contribution is -2.51. The number of ether oxygens (including phenoxy) is 2. The molecule has 1 aromatic heterocycles. The van der Waals surface area contributed by atoms with Crippen LogP contribution in [-0.4, -0.2) is 68.2 Å². The van der Waals surface area contributed by atoms with E-state index < -0.39 is 0 Å². The molecule has 0 atom stereocenters. The third kappa shape index (κ3) is 3.69. The maximum atomic E-state index is 12.5. The molecule has 0 radical (unpaired) electrons. The van der Waals surface area contributed by atoms with Crippen LogP contribution in [0.15, 0.2) is 18.2 Å². The van der Waals surface area contributed by atoms with Gasteiger partial charge in [0.25, 0.3) is 0 Å². The second kappa shape index (κ2) is 7.22. The lowest BCUT2D eigenvalue weighted by Gasteiger charge is -2.34. The number of tetrazole rings is 1. The van der Waals surface area contributed by atoms with Gasteiger partial charge in [0.05, 0.1) is 13.1 Å². The molecule has 2 amide bonds. The number of benzene rings is 1. The van der Waals surface area contributed by atoms with Crippen LogP contribution < -0.4 is 9.47 Å². The molecular weight excluding hydrogens is 352 g/mol. The Morgan fingerprint density at radius 2 is 2.07 bits per heavy atom. The molecule has 2 aliphatic heterocycles. The zero-order valence-electron chi connectivity index (χ0n) is 15.0. The summed E-state index contributed by atoms with van der Waals surface area (Å²) in [6.07, 6.45) is 0.265. The second-order valence-corrected chi connectivity index (χ2v) is 6.52. The molecule has 0 saturated carbocycles. The molecule has 10 nitrogen and oxygen atoms in total. The first-order chi connectivity index (χ1) is 13.1. The highest BCUT2D eigenvalue weighted by atomic mass is 16.7. The van der Waals surface area contributed by atoms with Crippen LogP contribution in [0.25, 0.3) is 0 Å².